The molecule has 1 aliphatic heterocycles. The predicted octanol–water partition coefficient (Wildman–Crippen LogP) is 2.32. The Morgan fingerprint density at radius 1 is 1.38 bits per heavy atom. The summed E-state index contributed by atoms with van der Waals surface area (Å²) in [6.07, 6.45) is -1.59. The van der Waals surface area contributed by atoms with Gasteiger partial charge < -0.3 is 14.9 Å². The van der Waals surface area contributed by atoms with Crippen molar-refractivity contribution in [3.05, 3.63) is 0 Å². The monoisotopic (exact) mass is 308 g/mol. The summed E-state index contributed by atoms with van der Waals surface area (Å²) in [6, 6.07) is -0.657. The maximum atomic E-state index is 12.4. The Labute approximate surface area is 120 Å². The Hall–Kier alpha value is -1.47. The van der Waals surface area contributed by atoms with E-state index >= 15 is 0 Å². The molecule has 1 saturated heterocycles. The van der Waals surface area contributed by atoms with E-state index in [0.29, 0.717) is 30.6 Å². The van der Waals surface area contributed by atoms with E-state index in [1.54, 1.807) is 0 Å². The molecule has 5 nitrogen and oxygen atoms in total. The molecule has 2 rings (SSSR count). The van der Waals surface area contributed by atoms with Crippen molar-refractivity contribution in [3.8, 4) is 0 Å². The van der Waals surface area contributed by atoms with E-state index < -0.39 is 36.2 Å². The van der Waals surface area contributed by atoms with Crippen LogP contribution in [0.5, 0.6) is 0 Å². The first-order valence-corrected chi connectivity index (χ1v) is 6.97. The van der Waals surface area contributed by atoms with Crippen molar-refractivity contribution < 1.29 is 27.9 Å². The lowest BCUT2D eigenvalue weighted by Gasteiger charge is -2.55. The number of amides is 2. The average Bonchev–Trinajstić information content (AvgIpc) is 2.33. The van der Waals surface area contributed by atoms with Gasteiger partial charge in [0.1, 0.15) is 6.54 Å². The Bertz CT molecular complexity index is 435. The molecule has 2 fully saturated rings. The van der Waals surface area contributed by atoms with Crippen LogP contribution in [0.1, 0.15) is 32.1 Å². The number of hydrogen-bond donors (Lipinski definition) is 1. The molecular weight excluding hydrogens is 289 g/mol. The van der Waals surface area contributed by atoms with Gasteiger partial charge in [-0.15, -0.1) is 0 Å². The summed E-state index contributed by atoms with van der Waals surface area (Å²) in [5.41, 5.74) is -0.557. The van der Waals surface area contributed by atoms with Crippen LogP contribution in [0.2, 0.25) is 0 Å². The number of urea groups is 1. The van der Waals surface area contributed by atoms with Gasteiger partial charge in [0.15, 0.2) is 0 Å². The van der Waals surface area contributed by atoms with Gasteiger partial charge in [-0.2, -0.15) is 13.2 Å². The van der Waals surface area contributed by atoms with Gasteiger partial charge in [-0.05, 0) is 32.1 Å². The first-order valence-electron chi connectivity index (χ1n) is 6.97. The van der Waals surface area contributed by atoms with Crippen LogP contribution in [0, 0.1) is 5.92 Å². The number of halogens is 3. The molecule has 1 atom stereocenters. The molecule has 21 heavy (non-hydrogen) atoms. The van der Waals surface area contributed by atoms with Crippen LogP contribution >= 0.6 is 0 Å². The van der Waals surface area contributed by atoms with E-state index in [-0.39, 0.29) is 6.54 Å². The van der Waals surface area contributed by atoms with Crippen molar-refractivity contribution in [1.82, 2.24) is 9.80 Å². The normalized spacial score (nSPS) is 24.6. The van der Waals surface area contributed by atoms with Gasteiger partial charge in [0, 0.05) is 19.1 Å². The van der Waals surface area contributed by atoms with Crippen LogP contribution in [0.15, 0.2) is 0 Å². The van der Waals surface area contributed by atoms with Gasteiger partial charge in [-0.1, -0.05) is 0 Å². The fourth-order valence-electron chi connectivity index (χ4n) is 3.30. The van der Waals surface area contributed by atoms with Crippen LogP contribution in [0.3, 0.4) is 0 Å². The highest BCUT2D eigenvalue weighted by Crippen LogP contribution is 2.46. The lowest BCUT2D eigenvalue weighted by atomic mass is 9.67. The lowest BCUT2D eigenvalue weighted by Crippen LogP contribution is -2.63. The molecule has 1 spiro atoms. The third-order valence-corrected chi connectivity index (χ3v) is 4.51. The zero-order valence-corrected chi connectivity index (χ0v) is 11.8. The van der Waals surface area contributed by atoms with E-state index in [1.807, 2.05) is 0 Å². The van der Waals surface area contributed by atoms with E-state index in [4.69, 9.17) is 5.11 Å². The van der Waals surface area contributed by atoms with Gasteiger partial charge >= 0.3 is 18.2 Å². The number of carboxylic acids is 1. The summed E-state index contributed by atoms with van der Waals surface area (Å²) in [5, 5.41) is 9.11. The maximum Gasteiger partial charge on any atom is 0.406 e. The second kappa shape index (κ2) is 5.38. The molecule has 0 bridgehead atoms. The number of carboxylic acid groups (broad SMARTS) is 1. The Balaban J connectivity index is 2.08. The molecule has 1 N–H and O–H groups in total. The van der Waals surface area contributed by atoms with Crippen molar-refractivity contribution in [2.75, 3.05) is 20.1 Å². The number of alkyl halides is 3. The first kappa shape index (κ1) is 15.9. The molecule has 8 heteroatoms. The van der Waals surface area contributed by atoms with E-state index in [1.165, 1.54) is 4.90 Å². The van der Waals surface area contributed by atoms with Gasteiger partial charge in [0.25, 0.3) is 0 Å². The summed E-state index contributed by atoms with van der Waals surface area (Å²) in [5.74, 6) is -1.40. The molecule has 2 aliphatic rings. The van der Waals surface area contributed by atoms with Gasteiger partial charge in [-0.3, -0.25) is 4.79 Å². The van der Waals surface area contributed by atoms with Crippen molar-refractivity contribution in [3.63, 3.8) is 0 Å². The average molecular weight is 308 g/mol. The quantitative estimate of drug-likeness (QED) is 0.851. The molecule has 1 saturated carbocycles. The highest BCUT2D eigenvalue weighted by Gasteiger charge is 2.51. The zero-order valence-electron chi connectivity index (χ0n) is 11.8. The Morgan fingerprint density at radius 2 is 2.00 bits per heavy atom. The molecule has 1 aliphatic carbocycles. The number of carbonyl (C=O) groups excluding carboxylic acids is 1. The minimum Gasteiger partial charge on any atom is -0.481 e. The standard InChI is InChI=1S/C13H19F3N2O3/c1-17(8-13(14,15)16)11(21)18-6-3-9(10(19)20)7-12(18)4-2-5-12/h9H,2-8H2,1H3,(H,19,20). The zero-order chi connectivity index (χ0) is 15.8. The number of aliphatic carboxylic acids is 1. The molecule has 0 aromatic heterocycles. The fraction of sp³-hybridized carbons (Fsp3) is 0.846. The number of hydrogen-bond acceptors (Lipinski definition) is 2. The van der Waals surface area contributed by atoms with Crippen LogP contribution in [-0.4, -0.2) is 58.8 Å². The molecule has 1 heterocycles. The van der Waals surface area contributed by atoms with E-state index in [0.717, 1.165) is 13.5 Å². The minimum absolute atomic E-state index is 0.206. The number of piperidine rings is 1. The third kappa shape index (κ3) is 3.24. The minimum atomic E-state index is -4.43. The molecule has 0 aromatic carbocycles. The SMILES string of the molecule is CN(CC(F)(F)F)C(=O)N1CCC(C(=O)O)CC12CCC2. The summed E-state index contributed by atoms with van der Waals surface area (Å²) in [7, 11) is 1.13. The largest absolute Gasteiger partial charge is 0.481 e. The smallest absolute Gasteiger partial charge is 0.406 e. The second-order valence-electron chi connectivity index (χ2n) is 6.01. The summed E-state index contributed by atoms with van der Waals surface area (Å²) < 4.78 is 37.2. The third-order valence-electron chi connectivity index (χ3n) is 4.51. The lowest BCUT2D eigenvalue weighted by molar-refractivity contribution is -0.148. The fourth-order valence-corrected chi connectivity index (χ4v) is 3.30. The van der Waals surface area contributed by atoms with E-state index in [9.17, 15) is 22.8 Å². The van der Waals surface area contributed by atoms with Crippen molar-refractivity contribution in [2.45, 2.75) is 43.8 Å². The van der Waals surface area contributed by atoms with Crippen LogP contribution in [0.4, 0.5) is 18.0 Å². The predicted molar refractivity (Wildman–Crippen MR) is 67.7 cm³/mol. The van der Waals surface area contributed by atoms with Gasteiger partial charge in [0.2, 0.25) is 0 Å². The second-order valence-corrected chi connectivity index (χ2v) is 6.01. The molecule has 120 valence electrons. The summed E-state index contributed by atoms with van der Waals surface area (Å²) >= 11 is 0. The van der Waals surface area contributed by atoms with Crippen molar-refractivity contribution >= 4 is 12.0 Å². The Morgan fingerprint density at radius 3 is 2.43 bits per heavy atom. The van der Waals surface area contributed by atoms with Crippen LogP contribution in [0.25, 0.3) is 0 Å². The van der Waals surface area contributed by atoms with Gasteiger partial charge in [-0.25, -0.2) is 4.79 Å². The summed E-state index contributed by atoms with van der Waals surface area (Å²) in [4.78, 5) is 25.5. The number of carbonyl (C=O) groups is 2. The number of nitrogens with zero attached hydrogens (tertiary/aromatic N) is 2. The van der Waals surface area contributed by atoms with Crippen LogP contribution in [-0.2, 0) is 4.79 Å². The highest BCUT2D eigenvalue weighted by atomic mass is 19.4. The Kier molecular flexibility index (Phi) is 4.08. The number of rotatable bonds is 2. The van der Waals surface area contributed by atoms with Crippen molar-refractivity contribution in [2.24, 2.45) is 5.92 Å². The molecule has 0 aromatic rings. The maximum absolute atomic E-state index is 12.4. The first-order chi connectivity index (χ1) is 9.65. The van der Waals surface area contributed by atoms with Crippen LogP contribution < -0.4 is 0 Å². The molecule has 2 amide bonds. The van der Waals surface area contributed by atoms with Crippen molar-refractivity contribution in [1.29, 1.82) is 0 Å². The summed E-state index contributed by atoms with van der Waals surface area (Å²) in [6.45, 7) is -1.08. The molecule has 1 unspecified atom stereocenters. The number of likely N-dealkylation sites (tertiary alicyclic amines) is 1. The highest BCUT2D eigenvalue weighted by molar-refractivity contribution is 5.77. The van der Waals surface area contributed by atoms with Gasteiger partial charge in [0.05, 0.1) is 5.92 Å². The van der Waals surface area contributed by atoms with E-state index in [2.05, 4.69) is 0 Å². The molecular formula is C13H19F3N2O3. The topological polar surface area (TPSA) is 60.9 Å². The molecule has 0 radical (unpaired) electrons.